The van der Waals surface area contributed by atoms with Crippen LogP contribution in [0.3, 0.4) is 0 Å². The number of rotatable bonds is 7. The molecule has 204 valence electrons. The van der Waals surface area contributed by atoms with Gasteiger partial charge < -0.3 is 20.1 Å². The highest BCUT2D eigenvalue weighted by Crippen LogP contribution is 2.37. The van der Waals surface area contributed by atoms with Gasteiger partial charge in [-0.05, 0) is 48.0 Å². The third-order valence-electron chi connectivity index (χ3n) is 7.19. The second-order valence-electron chi connectivity index (χ2n) is 9.66. The van der Waals surface area contributed by atoms with Crippen LogP contribution in [0.2, 0.25) is 0 Å². The molecule has 0 radical (unpaired) electrons. The van der Waals surface area contributed by atoms with Crippen LogP contribution in [0.1, 0.15) is 5.56 Å². The van der Waals surface area contributed by atoms with Crippen molar-refractivity contribution in [1.82, 2.24) is 24.6 Å². The molecular weight excluding hydrogens is 509 g/mol. The summed E-state index contributed by atoms with van der Waals surface area (Å²) in [5.74, 6) is 2.04. The van der Waals surface area contributed by atoms with Crippen molar-refractivity contribution in [3.63, 3.8) is 0 Å². The topological polar surface area (TPSA) is 94.6 Å². The van der Waals surface area contributed by atoms with Crippen molar-refractivity contribution >= 4 is 22.8 Å². The first-order valence-corrected chi connectivity index (χ1v) is 13.1. The Morgan fingerprint density at radius 1 is 0.875 bits per heavy atom. The van der Waals surface area contributed by atoms with Gasteiger partial charge in [-0.15, -0.1) is 5.10 Å². The van der Waals surface area contributed by atoms with E-state index in [1.165, 1.54) is 22.4 Å². The molecule has 3 aromatic carbocycles. The van der Waals surface area contributed by atoms with Gasteiger partial charge >= 0.3 is 0 Å². The number of hydrogen-bond donors (Lipinski definition) is 1. The monoisotopic (exact) mass is 539 g/mol. The Bertz CT molecular complexity index is 1650. The summed E-state index contributed by atoms with van der Waals surface area (Å²) in [6, 6.07) is 22.0. The molecule has 5 aromatic rings. The number of ether oxygens (including phenoxy) is 2. The average Bonchev–Trinajstić information content (AvgIpc) is 3.33. The summed E-state index contributed by atoms with van der Waals surface area (Å²) in [5, 5.41) is 5.28. The van der Waals surface area contributed by atoms with Crippen LogP contribution in [0.15, 0.2) is 72.8 Å². The van der Waals surface area contributed by atoms with E-state index in [2.05, 4.69) is 21.9 Å². The Morgan fingerprint density at radius 2 is 1.65 bits per heavy atom. The van der Waals surface area contributed by atoms with Crippen LogP contribution in [0, 0.1) is 5.82 Å². The van der Waals surface area contributed by atoms with E-state index in [4.69, 9.17) is 30.3 Å². The second-order valence-corrected chi connectivity index (χ2v) is 9.66. The fraction of sp³-hybridized carbons (Fsp3) is 0.233. The summed E-state index contributed by atoms with van der Waals surface area (Å²) in [4.78, 5) is 14.4. The molecule has 0 unspecified atom stereocenters. The first-order valence-electron chi connectivity index (χ1n) is 13.1. The molecule has 1 aliphatic rings. The standard InChI is InChI=1S/C30H30FN7O2/c1-39-23-12-10-20(11-13-23)19-36-14-16-37(17-15-36)30-33-27(24-8-3-4-9-25(24)40-2)26-28(32)38(35-29(26)34-30)22-7-5-6-21(31)18-22/h3-13,18H,14-17,19,32H2,1-2H3. The van der Waals surface area contributed by atoms with E-state index in [9.17, 15) is 4.39 Å². The van der Waals surface area contributed by atoms with Gasteiger partial charge in [-0.25, -0.2) is 14.1 Å². The number of halogens is 1. The van der Waals surface area contributed by atoms with E-state index in [-0.39, 0.29) is 5.82 Å². The zero-order valence-corrected chi connectivity index (χ0v) is 22.4. The number of methoxy groups -OCH3 is 2. The third kappa shape index (κ3) is 4.89. The Labute approximate surface area is 231 Å². The molecule has 0 saturated carbocycles. The summed E-state index contributed by atoms with van der Waals surface area (Å²) in [7, 11) is 3.30. The fourth-order valence-corrected chi connectivity index (χ4v) is 5.08. The van der Waals surface area contributed by atoms with Crippen molar-refractivity contribution in [2.24, 2.45) is 0 Å². The molecule has 2 N–H and O–H groups in total. The Hall–Kier alpha value is -4.70. The number of hydrogen-bond acceptors (Lipinski definition) is 8. The zero-order valence-electron chi connectivity index (χ0n) is 22.4. The van der Waals surface area contributed by atoms with Crippen LogP contribution < -0.4 is 20.1 Å². The Kier molecular flexibility index (Phi) is 6.91. The normalized spacial score (nSPS) is 14.0. The number of nitrogen functional groups attached to an aromatic ring is 1. The van der Waals surface area contributed by atoms with E-state index in [0.717, 1.165) is 44.0 Å². The predicted molar refractivity (Wildman–Crippen MR) is 154 cm³/mol. The lowest BCUT2D eigenvalue weighted by Crippen LogP contribution is -2.46. The minimum absolute atomic E-state index is 0.331. The number of fused-ring (bicyclic) bond motifs is 1. The van der Waals surface area contributed by atoms with Crippen LogP contribution in [-0.2, 0) is 6.54 Å². The molecule has 3 heterocycles. The van der Waals surface area contributed by atoms with Crippen molar-refractivity contribution in [3.8, 4) is 28.4 Å². The molecule has 0 amide bonds. The van der Waals surface area contributed by atoms with Crippen molar-refractivity contribution in [2.75, 3.05) is 51.0 Å². The number of para-hydroxylation sites is 1. The number of nitrogens with zero attached hydrogens (tertiary/aromatic N) is 6. The number of anilines is 2. The number of aromatic nitrogens is 4. The second kappa shape index (κ2) is 10.8. The summed E-state index contributed by atoms with van der Waals surface area (Å²) >= 11 is 0. The maximum atomic E-state index is 14.1. The Balaban J connectivity index is 1.35. The molecule has 6 rings (SSSR count). The van der Waals surface area contributed by atoms with E-state index >= 15 is 0 Å². The molecular formula is C30H30FN7O2. The van der Waals surface area contributed by atoms with Crippen LogP contribution in [0.5, 0.6) is 11.5 Å². The highest BCUT2D eigenvalue weighted by atomic mass is 19.1. The highest BCUT2D eigenvalue weighted by Gasteiger charge is 2.25. The first-order chi connectivity index (χ1) is 19.5. The van der Waals surface area contributed by atoms with E-state index in [1.54, 1.807) is 26.4 Å². The van der Waals surface area contributed by atoms with Crippen molar-refractivity contribution in [3.05, 3.63) is 84.2 Å². The maximum absolute atomic E-state index is 14.1. The first kappa shape index (κ1) is 25.6. The van der Waals surface area contributed by atoms with E-state index < -0.39 is 0 Å². The SMILES string of the molecule is COc1ccc(CN2CCN(c3nc(-c4ccccc4OC)c4c(N)n(-c5cccc(F)c5)nc4n3)CC2)cc1. The van der Waals surface area contributed by atoms with Crippen molar-refractivity contribution in [2.45, 2.75) is 6.54 Å². The van der Waals surface area contributed by atoms with Gasteiger partial charge in [-0.3, -0.25) is 4.90 Å². The van der Waals surface area contributed by atoms with Crippen molar-refractivity contribution in [1.29, 1.82) is 0 Å². The van der Waals surface area contributed by atoms with Gasteiger partial charge in [-0.2, -0.15) is 4.98 Å². The zero-order chi connectivity index (χ0) is 27.6. The van der Waals surface area contributed by atoms with Gasteiger partial charge in [-0.1, -0.05) is 30.3 Å². The molecule has 0 aliphatic carbocycles. The summed E-state index contributed by atoms with van der Waals surface area (Å²) in [6.07, 6.45) is 0. The summed E-state index contributed by atoms with van der Waals surface area (Å²) in [6.45, 7) is 4.09. The average molecular weight is 540 g/mol. The quantitative estimate of drug-likeness (QED) is 0.322. The van der Waals surface area contributed by atoms with Gasteiger partial charge in [0, 0.05) is 38.3 Å². The van der Waals surface area contributed by atoms with Crippen molar-refractivity contribution < 1.29 is 13.9 Å². The molecule has 10 heteroatoms. The number of benzene rings is 3. The Morgan fingerprint density at radius 3 is 2.38 bits per heavy atom. The minimum atomic E-state index is -0.374. The highest BCUT2D eigenvalue weighted by molar-refractivity contribution is 6.00. The summed E-state index contributed by atoms with van der Waals surface area (Å²) < 4.78 is 26.5. The third-order valence-corrected chi connectivity index (χ3v) is 7.19. The molecule has 1 fully saturated rings. The van der Waals surface area contributed by atoms with Crippen LogP contribution in [0.4, 0.5) is 16.2 Å². The predicted octanol–water partition coefficient (Wildman–Crippen LogP) is 4.54. The van der Waals surface area contributed by atoms with E-state index in [1.807, 2.05) is 36.4 Å². The lowest BCUT2D eigenvalue weighted by Gasteiger charge is -2.34. The van der Waals surface area contributed by atoms with Gasteiger partial charge in [0.1, 0.15) is 23.1 Å². The van der Waals surface area contributed by atoms with Gasteiger partial charge in [0.2, 0.25) is 5.95 Å². The lowest BCUT2D eigenvalue weighted by molar-refractivity contribution is 0.248. The maximum Gasteiger partial charge on any atom is 0.228 e. The molecule has 2 aromatic heterocycles. The van der Waals surface area contributed by atoms with Gasteiger partial charge in [0.15, 0.2) is 5.65 Å². The molecule has 1 aliphatic heterocycles. The number of nitrogens with two attached hydrogens (primary N) is 1. The fourth-order valence-electron chi connectivity index (χ4n) is 5.08. The van der Waals surface area contributed by atoms with Gasteiger partial charge in [0.25, 0.3) is 0 Å². The molecule has 0 atom stereocenters. The lowest BCUT2D eigenvalue weighted by atomic mass is 10.1. The largest absolute Gasteiger partial charge is 0.497 e. The van der Waals surface area contributed by atoms with Crippen LogP contribution in [-0.4, -0.2) is 65.0 Å². The molecule has 40 heavy (non-hydrogen) atoms. The van der Waals surface area contributed by atoms with Crippen LogP contribution in [0.25, 0.3) is 28.0 Å². The smallest absolute Gasteiger partial charge is 0.228 e. The number of piperazine rings is 1. The molecule has 9 nitrogen and oxygen atoms in total. The van der Waals surface area contributed by atoms with Crippen LogP contribution >= 0.6 is 0 Å². The minimum Gasteiger partial charge on any atom is -0.497 e. The molecule has 0 bridgehead atoms. The summed E-state index contributed by atoms with van der Waals surface area (Å²) in [5.41, 5.74) is 10.2. The molecule has 0 spiro atoms. The van der Waals surface area contributed by atoms with Gasteiger partial charge in [0.05, 0.1) is 31.0 Å². The van der Waals surface area contributed by atoms with E-state index in [0.29, 0.717) is 39.9 Å². The molecule has 1 saturated heterocycles.